The highest BCUT2D eigenvalue weighted by Gasteiger charge is 2.69. The molecule has 1 spiro atoms. The highest BCUT2D eigenvalue weighted by Crippen LogP contribution is 2.72. The third-order valence-electron chi connectivity index (χ3n) is 21.3. The van der Waals surface area contributed by atoms with Crippen molar-refractivity contribution in [3.63, 3.8) is 0 Å². The van der Waals surface area contributed by atoms with E-state index in [4.69, 9.17) is 9.47 Å². The van der Waals surface area contributed by atoms with Crippen LogP contribution in [0.1, 0.15) is 144 Å². The molecular formula is C72H91N5O7. The second-order valence-corrected chi connectivity index (χ2v) is 26.3. The van der Waals surface area contributed by atoms with Crippen LogP contribution in [0.3, 0.4) is 0 Å². The highest BCUT2D eigenvalue weighted by atomic mass is 16.6. The zero-order chi connectivity index (χ0) is 58.1. The quantitative estimate of drug-likeness (QED) is 0.0395. The number of esters is 2. The van der Waals surface area contributed by atoms with Crippen LogP contribution in [0.4, 0.5) is 0 Å². The van der Waals surface area contributed by atoms with Crippen LogP contribution < -0.4 is 26.6 Å². The standard InChI is InChI=1S/C72H91N5O7/c1-5-27-74-43-49-32-47-23-28-75-42-48-14-10-15-50(34-48)55-18-17-54(80)38-59(55)64-56-21-26-72(62(84-70(82)67(64)72)36-45(6-2)31-46-12-8-7-9-13-46)66-57(56)19-20-58-61(83-69(81)65(58)66)22-25-71(53-24-29-76-63(37-53)73-4)39-51(16-11-30-78)60(40-71)68(52(33-47)35-49)77-41-44(3)79/h7-10,12-15,17-18,22,32-36,38,44-45,51,53,56-57,60,63,66,68,73-80H,5-6,11,16,19-21,23-31,37,39-43H2,1-4H3/b61-22-,62-36-/t44-,45+,51-,53+,56+,57-,60-,63-,66+,68+,71+,72+/m0/s1. The van der Waals surface area contributed by atoms with Gasteiger partial charge in [0.05, 0.1) is 23.3 Å². The molecule has 0 radical (unpaired) electrons. The monoisotopic (exact) mass is 1140 g/mol. The number of piperidine rings is 1. The Balaban J connectivity index is 1.04. The molecule has 5 aliphatic heterocycles. The van der Waals surface area contributed by atoms with Gasteiger partial charge in [-0.05, 0) is 251 Å². The summed E-state index contributed by atoms with van der Waals surface area (Å²) in [6, 6.07) is 32.0. The summed E-state index contributed by atoms with van der Waals surface area (Å²) in [7, 11) is 2.05. The van der Waals surface area contributed by atoms with E-state index in [1.165, 1.54) is 22.3 Å². The fourth-order valence-corrected chi connectivity index (χ4v) is 17.5. The van der Waals surface area contributed by atoms with Crippen LogP contribution in [0.25, 0.3) is 16.7 Å². The third-order valence-corrected chi connectivity index (χ3v) is 21.3. The SMILES string of the molecule is CCCNCc1cc2cc(c1)[C@@H](NC[C@H](C)O)[C@H]1C[C@@]([C@@H]3CCN[C@H](NC)C3)(C/C=C3\OC(=O)C4=C3CC[C@H]3[C@H]5CC[C@]6(C(=C5c5cc(O)ccc5-c5cccc(c5)CNCC2)C(=O)O/C6=C\[C@H](CC)Cc2ccccc2)[C@@H]43)C[C@@H]1CCCO. The summed E-state index contributed by atoms with van der Waals surface area (Å²) in [5.41, 5.74) is 11.2. The molecule has 12 nitrogen and oxygen atoms in total. The molecule has 0 aromatic heterocycles. The average Bonchev–Trinajstić information content (AvgIpc) is 1.40. The van der Waals surface area contributed by atoms with E-state index in [1.807, 2.05) is 32.2 Å². The van der Waals surface area contributed by atoms with Crippen LogP contribution in [-0.4, -0.2) is 79.4 Å². The topological polar surface area (TPSA) is 173 Å². The van der Waals surface area contributed by atoms with Crippen LogP contribution in [0, 0.1) is 52.3 Å². The van der Waals surface area contributed by atoms with E-state index < -0.39 is 11.5 Å². The van der Waals surface area contributed by atoms with Gasteiger partial charge >= 0.3 is 11.9 Å². The van der Waals surface area contributed by atoms with E-state index in [9.17, 15) is 15.3 Å². The number of benzene rings is 4. The predicted molar refractivity (Wildman–Crippen MR) is 331 cm³/mol. The van der Waals surface area contributed by atoms with Crippen LogP contribution in [0.2, 0.25) is 0 Å². The largest absolute Gasteiger partial charge is 0.508 e. The van der Waals surface area contributed by atoms with E-state index >= 15 is 9.59 Å². The number of fused-ring (bicyclic) bond motifs is 5. The maximum Gasteiger partial charge on any atom is 0.340 e. The molecule has 14 bridgehead atoms. The van der Waals surface area contributed by atoms with Crippen molar-refractivity contribution in [1.82, 2.24) is 26.6 Å². The molecule has 10 aliphatic rings. The van der Waals surface area contributed by atoms with Gasteiger partial charge in [-0.25, -0.2) is 9.59 Å². The van der Waals surface area contributed by atoms with E-state index in [0.717, 1.165) is 142 Å². The molecule has 4 aromatic carbocycles. The lowest BCUT2D eigenvalue weighted by Gasteiger charge is -2.56. The summed E-state index contributed by atoms with van der Waals surface area (Å²) in [6.07, 6.45) is 16.9. The minimum absolute atomic E-state index is 0.0183. The van der Waals surface area contributed by atoms with Gasteiger partial charge in [0.15, 0.2) is 0 Å². The van der Waals surface area contributed by atoms with Gasteiger partial charge < -0.3 is 51.4 Å². The van der Waals surface area contributed by atoms with Gasteiger partial charge in [0.1, 0.15) is 17.3 Å². The second-order valence-electron chi connectivity index (χ2n) is 26.3. The molecule has 0 unspecified atom stereocenters. The Hall–Kier alpha value is -5.70. The van der Waals surface area contributed by atoms with Gasteiger partial charge in [0, 0.05) is 49.3 Å². The van der Waals surface area contributed by atoms with Gasteiger partial charge in [-0.2, -0.15) is 0 Å². The summed E-state index contributed by atoms with van der Waals surface area (Å²) in [5.74, 6) is 1.40. The van der Waals surface area contributed by atoms with Crippen molar-refractivity contribution < 1.29 is 34.4 Å². The number of allylic oxidation sites excluding steroid dienone is 5. The Labute approximate surface area is 498 Å². The number of phenolic OH excluding ortho intramolecular Hbond substituents is 1. The molecule has 0 amide bonds. The number of cyclic esters (lactones) is 1. The lowest BCUT2D eigenvalue weighted by atomic mass is 9.44. The number of hydrogen-bond donors (Lipinski definition) is 8. The summed E-state index contributed by atoms with van der Waals surface area (Å²) in [5, 5.41) is 52.0. The Morgan fingerprint density at radius 1 is 0.857 bits per heavy atom. The number of ether oxygens (including phenoxy) is 2. The normalized spacial score (nSPS) is 31.0. The molecule has 12 atom stereocenters. The van der Waals surface area contributed by atoms with Crippen molar-refractivity contribution in [3.05, 3.63) is 165 Å². The first-order chi connectivity index (χ1) is 40.9. The molecule has 2 saturated carbocycles. The molecule has 4 aromatic rings. The first kappa shape index (κ1) is 58.7. The lowest BCUT2D eigenvalue weighted by Crippen LogP contribution is -2.52. The maximum atomic E-state index is 15.4. The van der Waals surface area contributed by atoms with Crippen molar-refractivity contribution in [3.8, 4) is 16.9 Å². The van der Waals surface area contributed by atoms with Crippen LogP contribution in [0.5, 0.6) is 5.75 Å². The highest BCUT2D eigenvalue weighted by molar-refractivity contribution is 6.07. The number of aromatic hydroxyl groups is 1. The van der Waals surface area contributed by atoms with Crippen LogP contribution >= 0.6 is 0 Å². The smallest absolute Gasteiger partial charge is 0.340 e. The zero-order valence-electron chi connectivity index (χ0n) is 50.1. The minimum Gasteiger partial charge on any atom is -0.508 e. The first-order valence-corrected chi connectivity index (χ1v) is 32.2. The molecule has 4 fully saturated rings. The van der Waals surface area contributed by atoms with Crippen molar-refractivity contribution in [2.45, 2.75) is 148 Å². The molecule has 12 heteroatoms. The number of rotatable bonds is 16. The number of carbonyl (C=O) groups excluding carboxylic acids is 2. The first-order valence-electron chi connectivity index (χ1n) is 32.2. The third kappa shape index (κ3) is 11.3. The maximum absolute atomic E-state index is 15.4. The van der Waals surface area contributed by atoms with Crippen LogP contribution in [0.15, 0.2) is 131 Å². The van der Waals surface area contributed by atoms with Crippen molar-refractivity contribution in [2.24, 2.45) is 52.3 Å². The molecule has 5 aliphatic carbocycles. The summed E-state index contributed by atoms with van der Waals surface area (Å²) < 4.78 is 13.5. The van der Waals surface area contributed by atoms with E-state index in [0.29, 0.717) is 55.4 Å². The number of carbonyl (C=O) groups is 2. The van der Waals surface area contributed by atoms with Crippen molar-refractivity contribution >= 4 is 17.5 Å². The zero-order valence-corrected chi connectivity index (χ0v) is 50.1. The number of aliphatic hydroxyl groups is 2. The van der Waals surface area contributed by atoms with Crippen molar-refractivity contribution in [2.75, 3.05) is 39.8 Å². The molecule has 84 heavy (non-hydrogen) atoms. The van der Waals surface area contributed by atoms with Crippen LogP contribution in [-0.2, 0) is 45.0 Å². The molecular weight excluding hydrogens is 1050 g/mol. The van der Waals surface area contributed by atoms with Gasteiger partial charge in [0.25, 0.3) is 0 Å². The Kier molecular flexibility index (Phi) is 17.7. The fraction of sp³-hybridized carbons (Fsp3) is 0.528. The predicted octanol–water partition coefficient (Wildman–Crippen LogP) is 11.3. The van der Waals surface area contributed by atoms with E-state index in [1.54, 1.807) is 6.07 Å². The van der Waals surface area contributed by atoms with Crippen molar-refractivity contribution in [1.29, 1.82) is 0 Å². The molecule has 5 heterocycles. The van der Waals surface area contributed by atoms with E-state index in [2.05, 4.69) is 119 Å². The minimum atomic E-state index is -0.917. The number of hydrogen-bond acceptors (Lipinski definition) is 12. The fourth-order valence-electron chi connectivity index (χ4n) is 17.5. The summed E-state index contributed by atoms with van der Waals surface area (Å²) in [4.78, 5) is 30.7. The molecule has 2 saturated heterocycles. The average molecular weight is 1140 g/mol. The molecule has 446 valence electrons. The molecule has 8 N–H and O–H groups in total. The Morgan fingerprint density at radius 2 is 1.73 bits per heavy atom. The van der Waals surface area contributed by atoms with Gasteiger partial charge in [0.2, 0.25) is 0 Å². The molecule has 14 rings (SSSR count). The number of phenols is 1. The van der Waals surface area contributed by atoms with Gasteiger partial charge in [-0.3, -0.25) is 0 Å². The van der Waals surface area contributed by atoms with E-state index in [-0.39, 0.29) is 77.4 Å². The van der Waals surface area contributed by atoms with Gasteiger partial charge in [-0.1, -0.05) is 86.6 Å². The number of nitrogens with one attached hydrogen (secondary N) is 5. The summed E-state index contributed by atoms with van der Waals surface area (Å²) >= 11 is 0. The second kappa shape index (κ2) is 25.3. The van der Waals surface area contributed by atoms with Gasteiger partial charge in [-0.15, -0.1) is 0 Å². The number of aliphatic hydroxyl groups excluding tert-OH is 2. The Bertz CT molecular complexity index is 3200. The summed E-state index contributed by atoms with van der Waals surface area (Å²) in [6.45, 7) is 10.9. The Morgan fingerprint density at radius 3 is 2.54 bits per heavy atom. The lowest BCUT2D eigenvalue weighted by molar-refractivity contribution is -0.135.